The van der Waals surface area contributed by atoms with Crippen molar-refractivity contribution in [2.75, 3.05) is 12.4 Å². The summed E-state index contributed by atoms with van der Waals surface area (Å²) in [6, 6.07) is 13.3. The van der Waals surface area contributed by atoms with E-state index in [2.05, 4.69) is 30.7 Å². The van der Waals surface area contributed by atoms with Gasteiger partial charge in [-0.15, -0.1) is 0 Å². The molecule has 4 heteroatoms. The number of methoxy groups -OCH3 is 1. The van der Waals surface area contributed by atoms with Gasteiger partial charge in [0, 0.05) is 28.7 Å². The van der Waals surface area contributed by atoms with E-state index in [0.29, 0.717) is 17.0 Å². The van der Waals surface area contributed by atoms with Gasteiger partial charge in [0.05, 0.1) is 12.8 Å². The van der Waals surface area contributed by atoms with Gasteiger partial charge < -0.3 is 14.6 Å². The van der Waals surface area contributed by atoms with Gasteiger partial charge in [0.25, 0.3) is 5.91 Å². The first-order valence-corrected chi connectivity index (χ1v) is 8.10. The molecule has 2 aromatic carbocycles. The normalized spacial score (nSPS) is 10.8. The van der Waals surface area contributed by atoms with Crippen LogP contribution < -0.4 is 10.1 Å². The average molecular weight is 322 g/mol. The zero-order chi connectivity index (χ0) is 17.3. The smallest absolute Gasteiger partial charge is 0.255 e. The molecule has 0 unspecified atom stereocenters. The number of ether oxygens (including phenoxy) is 1. The number of carbonyl (C=O) groups excluding carboxylic acids is 1. The summed E-state index contributed by atoms with van der Waals surface area (Å²) >= 11 is 0. The molecule has 24 heavy (non-hydrogen) atoms. The van der Waals surface area contributed by atoms with Gasteiger partial charge in [-0.3, -0.25) is 4.79 Å². The summed E-state index contributed by atoms with van der Waals surface area (Å²) in [7, 11) is 1.59. The van der Waals surface area contributed by atoms with Crippen LogP contribution in [0.5, 0.6) is 5.75 Å². The second-order valence-corrected chi connectivity index (χ2v) is 5.84. The fraction of sp³-hybridized carbons (Fsp3) is 0.250. The molecule has 0 fully saturated rings. The van der Waals surface area contributed by atoms with Crippen molar-refractivity contribution in [3.63, 3.8) is 0 Å². The lowest BCUT2D eigenvalue weighted by Gasteiger charge is -2.10. The monoisotopic (exact) mass is 322 g/mol. The average Bonchev–Trinajstić information content (AvgIpc) is 2.85. The summed E-state index contributed by atoms with van der Waals surface area (Å²) < 4.78 is 7.56. The van der Waals surface area contributed by atoms with Gasteiger partial charge in [0.1, 0.15) is 5.75 Å². The minimum atomic E-state index is -0.136. The van der Waals surface area contributed by atoms with E-state index >= 15 is 0 Å². The van der Waals surface area contributed by atoms with E-state index in [1.54, 1.807) is 7.11 Å². The molecular formula is C20H22N2O2. The Balaban J connectivity index is 1.97. The van der Waals surface area contributed by atoms with Crippen molar-refractivity contribution in [2.45, 2.75) is 27.3 Å². The number of nitrogens with zero attached hydrogens (tertiary/aromatic N) is 1. The molecule has 0 saturated carbocycles. The van der Waals surface area contributed by atoms with Gasteiger partial charge >= 0.3 is 0 Å². The zero-order valence-electron chi connectivity index (χ0n) is 14.5. The first-order chi connectivity index (χ1) is 11.6. The second kappa shape index (κ2) is 6.40. The number of aryl methyl sites for hydroxylation is 2. The Morgan fingerprint density at radius 1 is 1.17 bits per heavy atom. The van der Waals surface area contributed by atoms with Gasteiger partial charge in [0.2, 0.25) is 0 Å². The van der Waals surface area contributed by atoms with E-state index < -0.39 is 0 Å². The number of hydrogen-bond acceptors (Lipinski definition) is 2. The molecule has 3 aromatic rings. The molecule has 0 saturated heterocycles. The Kier molecular flexibility index (Phi) is 4.30. The summed E-state index contributed by atoms with van der Waals surface area (Å²) in [5, 5.41) is 4.05. The van der Waals surface area contributed by atoms with Crippen molar-refractivity contribution in [1.82, 2.24) is 4.57 Å². The fourth-order valence-electron chi connectivity index (χ4n) is 3.14. The Hall–Kier alpha value is -2.75. The maximum atomic E-state index is 12.6. The van der Waals surface area contributed by atoms with E-state index in [-0.39, 0.29) is 5.91 Å². The summed E-state index contributed by atoms with van der Waals surface area (Å²) in [5.41, 5.74) is 4.95. The Bertz CT molecular complexity index is 909. The highest BCUT2D eigenvalue weighted by atomic mass is 16.5. The molecule has 0 bridgehead atoms. The van der Waals surface area contributed by atoms with Crippen molar-refractivity contribution >= 4 is 22.5 Å². The van der Waals surface area contributed by atoms with E-state index in [9.17, 15) is 4.79 Å². The third kappa shape index (κ3) is 2.64. The second-order valence-electron chi connectivity index (χ2n) is 5.84. The van der Waals surface area contributed by atoms with E-state index in [1.807, 2.05) is 42.5 Å². The number of carbonyl (C=O) groups is 1. The summed E-state index contributed by atoms with van der Waals surface area (Å²) in [6.45, 7) is 7.27. The van der Waals surface area contributed by atoms with Gasteiger partial charge in [-0.2, -0.15) is 0 Å². The van der Waals surface area contributed by atoms with Gasteiger partial charge in [-0.25, -0.2) is 0 Å². The minimum Gasteiger partial charge on any atom is -0.495 e. The first kappa shape index (κ1) is 16.1. The van der Waals surface area contributed by atoms with Gasteiger partial charge in [-0.05, 0) is 56.7 Å². The first-order valence-electron chi connectivity index (χ1n) is 8.10. The molecule has 0 aliphatic heterocycles. The van der Waals surface area contributed by atoms with Crippen LogP contribution in [0.1, 0.15) is 28.5 Å². The van der Waals surface area contributed by atoms with Crippen LogP contribution in [-0.2, 0) is 6.54 Å². The van der Waals surface area contributed by atoms with Crippen molar-refractivity contribution in [2.24, 2.45) is 0 Å². The van der Waals surface area contributed by atoms with Crippen LogP contribution in [-0.4, -0.2) is 17.6 Å². The molecule has 124 valence electrons. The fourth-order valence-corrected chi connectivity index (χ4v) is 3.14. The standard InChI is InChI=1S/C20H22N2O2/c1-5-22-14(3)13(2)16-12-15(10-11-18(16)22)20(23)21-17-8-6-7-9-19(17)24-4/h6-12H,5H2,1-4H3,(H,21,23). The van der Waals surface area contributed by atoms with Gasteiger partial charge in [0.15, 0.2) is 0 Å². The number of fused-ring (bicyclic) bond motifs is 1. The third-order valence-corrected chi connectivity index (χ3v) is 4.57. The number of amides is 1. The van der Waals surface area contributed by atoms with Crippen LogP contribution in [0.25, 0.3) is 10.9 Å². The molecule has 3 rings (SSSR count). The van der Waals surface area contributed by atoms with E-state index in [0.717, 1.165) is 11.9 Å². The molecule has 0 aliphatic rings. The summed E-state index contributed by atoms with van der Waals surface area (Å²) in [4.78, 5) is 12.6. The maximum absolute atomic E-state index is 12.6. The van der Waals surface area contributed by atoms with Crippen molar-refractivity contribution in [3.8, 4) is 5.75 Å². The zero-order valence-corrected chi connectivity index (χ0v) is 14.5. The highest BCUT2D eigenvalue weighted by molar-refractivity contribution is 6.07. The Morgan fingerprint density at radius 2 is 1.92 bits per heavy atom. The van der Waals surface area contributed by atoms with Crippen LogP contribution in [0, 0.1) is 13.8 Å². The predicted molar refractivity (Wildman–Crippen MR) is 98.0 cm³/mol. The lowest BCUT2D eigenvalue weighted by molar-refractivity contribution is 0.102. The minimum absolute atomic E-state index is 0.136. The topological polar surface area (TPSA) is 43.3 Å². The van der Waals surface area contributed by atoms with Crippen molar-refractivity contribution in [1.29, 1.82) is 0 Å². The van der Waals surface area contributed by atoms with E-state index in [1.165, 1.54) is 16.8 Å². The quantitative estimate of drug-likeness (QED) is 0.766. The molecule has 0 spiro atoms. The molecule has 1 amide bonds. The molecule has 0 radical (unpaired) electrons. The SMILES string of the molecule is CCn1c(C)c(C)c2cc(C(=O)Nc3ccccc3OC)ccc21. The summed E-state index contributed by atoms with van der Waals surface area (Å²) in [6.07, 6.45) is 0. The highest BCUT2D eigenvalue weighted by Crippen LogP contribution is 2.27. The molecule has 0 atom stereocenters. The largest absolute Gasteiger partial charge is 0.495 e. The number of benzene rings is 2. The van der Waals surface area contributed by atoms with Crippen LogP contribution in [0.4, 0.5) is 5.69 Å². The Labute approximate surface area is 142 Å². The molecule has 1 aromatic heterocycles. The lowest BCUT2D eigenvalue weighted by atomic mass is 10.1. The van der Waals surface area contributed by atoms with Crippen LogP contribution in [0.15, 0.2) is 42.5 Å². The lowest BCUT2D eigenvalue weighted by Crippen LogP contribution is -2.12. The van der Waals surface area contributed by atoms with Crippen molar-refractivity contribution < 1.29 is 9.53 Å². The molecule has 4 nitrogen and oxygen atoms in total. The molecule has 1 heterocycles. The number of rotatable bonds is 4. The number of nitrogens with one attached hydrogen (secondary N) is 1. The number of aromatic nitrogens is 1. The predicted octanol–water partition coefficient (Wildman–Crippen LogP) is 4.54. The van der Waals surface area contributed by atoms with E-state index in [4.69, 9.17) is 4.74 Å². The third-order valence-electron chi connectivity index (χ3n) is 4.57. The summed E-state index contributed by atoms with van der Waals surface area (Å²) in [5.74, 6) is 0.513. The molecule has 1 N–H and O–H groups in total. The maximum Gasteiger partial charge on any atom is 0.255 e. The van der Waals surface area contributed by atoms with Crippen LogP contribution in [0.3, 0.4) is 0 Å². The number of anilines is 1. The van der Waals surface area contributed by atoms with Crippen LogP contribution >= 0.6 is 0 Å². The molecule has 0 aliphatic carbocycles. The van der Waals surface area contributed by atoms with Gasteiger partial charge in [-0.1, -0.05) is 12.1 Å². The Morgan fingerprint density at radius 3 is 2.62 bits per heavy atom. The molecular weight excluding hydrogens is 300 g/mol. The number of hydrogen-bond donors (Lipinski definition) is 1. The highest BCUT2D eigenvalue weighted by Gasteiger charge is 2.14. The van der Waals surface area contributed by atoms with Crippen LogP contribution in [0.2, 0.25) is 0 Å². The van der Waals surface area contributed by atoms with Crippen molar-refractivity contribution in [3.05, 3.63) is 59.3 Å². The number of para-hydroxylation sites is 2.